The second kappa shape index (κ2) is 5.89. The van der Waals surface area contributed by atoms with Crippen molar-refractivity contribution in [1.29, 1.82) is 5.41 Å². The molecule has 0 bridgehead atoms. The molecule has 92 valence electrons. The van der Waals surface area contributed by atoms with Crippen LogP contribution in [0.2, 0.25) is 10.0 Å². The average molecular weight is 280 g/mol. The third-order valence-corrected chi connectivity index (χ3v) is 3.05. The number of rotatable bonds is 4. The molecule has 0 fully saturated rings. The van der Waals surface area contributed by atoms with E-state index in [0.717, 1.165) is 17.5 Å². The predicted octanol–water partition coefficient (Wildman–Crippen LogP) is 4.71. The first-order valence-corrected chi connectivity index (χ1v) is 6.11. The SMILES string of the molecule is N=COC(c1ccc(Cl)cc1)c1ccc(Cl)cc1. The van der Waals surface area contributed by atoms with Crippen molar-refractivity contribution < 1.29 is 4.74 Å². The maximum Gasteiger partial charge on any atom is 0.168 e. The molecule has 2 rings (SSSR count). The van der Waals surface area contributed by atoms with Crippen molar-refractivity contribution in [3.05, 3.63) is 69.7 Å². The quantitative estimate of drug-likeness (QED) is 0.638. The summed E-state index contributed by atoms with van der Waals surface area (Å²) in [7, 11) is 0. The van der Waals surface area contributed by atoms with Gasteiger partial charge in [0.15, 0.2) is 6.40 Å². The summed E-state index contributed by atoms with van der Waals surface area (Å²) in [4.78, 5) is 0. The number of hydrogen-bond acceptors (Lipinski definition) is 2. The smallest absolute Gasteiger partial charge is 0.168 e. The third-order valence-electron chi connectivity index (χ3n) is 2.55. The summed E-state index contributed by atoms with van der Waals surface area (Å²) in [6.45, 7) is 0. The Kier molecular flexibility index (Phi) is 4.24. The summed E-state index contributed by atoms with van der Waals surface area (Å²) in [6, 6.07) is 14.7. The topological polar surface area (TPSA) is 33.1 Å². The van der Waals surface area contributed by atoms with Crippen LogP contribution in [0.15, 0.2) is 48.5 Å². The van der Waals surface area contributed by atoms with E-state index in [2.05, 4.69) is 0 Å². The molecule has 0 atom stereocenters. The van der Waals surface area contributed by atoms with Gasteiger partial charge < -0.3 is 4.74 Å². The molecule has 0 aliphatic carbocycles. The molecule has 1 N–H and O–H groups in total. The van der Waals surface area contributed by atoms with Gasteiger partial charge in [0, 0.05) is 10.0 Å². The summed E-state index contributed by atoms with van der Waals surface area (Å²) >= 11 is 11.7. The lowest BCUT2D eigenvalue weighted by Crippen LogP contribution is -2.04. The molecule has 0 saturated heterocycles. The van der Waals surface area contributed by atoms with Gasteiger partial charge in [0.1, 0.15) is 6.10 Å². The van der Waals surface area contributed by atoms with Crippen LogP contribution in [0.1, 0.15) is 17.2 Å². The van der Waals surface area contributed by atoms with Crippen molar-refractivity contribution in [3.63, 3.8) is 0 Å². The number of nitrogens with one attached hydrogen (secondary N) is 1. The van der Waals surface area contributed by atoms with Gasteiger partial charge in [-0.05, 0) is 35.4 Å². The molecule has 0 radical (unpaired) electrons. The maximum atomic E-state index is 7.12. The predicted molar refractivity (Wildman–Crippen MR) is 74.6 cm³/mol. The molecule has 0 heterocycles. The molecule has 0 unspecified atom stereocenters. The molecule has 4 heteroatoms. The fraction of sp³-hybridized carbons (Fsp3) is 0.0714. The molecular formula is C14H11Cl2NO. The van der Waals surface area contributed by atoms with Crippen molar-refractivity contribution in [2.45, 2.75) is 6.10 Å². The van der Waals surface area contributed by atoms with Crippen LogP contribution in [-0.2, 0) is 4.74 Å². The van der Waals surface area contributed by atoms with Crippen molar-refractivity contribution in [3.8, 4) is 0 Å². The van der Waals surface area contributed by atoms with Crippen molar-refractivity contribution >= 4 is 29.6 Å². The molecule has 0 saturated carbocycles. The lowest BCUT2D eigenvalue weighted by atomic mass is 10.0. The number of hydrogen-bond donors (Lipinski definition) is 1. The van der Waals surface area contributed by atoms with Crippen LogP contribution in [0.5, 0.6) is 0 Å². The molecule has 2 nitrogen and oxygen atoms in total. The molecule has 2 aromatic rings. The van der Waals surface area contributed by atoms with Gasteiger partial charge in [-0.25, -0.2) is 0 Å². The zero-order valence-electron chi connectivity index (χ0n) is 9.44. The first-order chi connectivity index (χ1) is 8.70. The normalized spacial score (nSPS) is 10.4. The summed E-state index contributed by atoms with van der Waals surface area (Å²) < 4.78 is 5.35. The molecule has 0 spiro atoms. The van der Waals surface area contributed by atoms with E-state index in [9.17, 15) is 0 Å². The van der Waals surface area contributed by atoms with Crippen LogP contribution in [0, 0.1) is 5.41 Å². The van der Waals surface area contributed by atoms with E-state index in [1.807, 2.05) is 24.3 Å². The van der Waals surface area contributed by atoms with E-state index in [0.29, 0.717) is 10.0 Å². The Morgan fingerprint density at radius 3 is 1.56 bits per heavy atom. The Hall–Kier alpha value is -1.51. The van der Waals surface area contributed by atoms with Gasteiger partial charge in [-0.15, -0.1) is 0 Å². The second-order valence-corrected chi connectivity index (χ2v) is 4.61. The highest BCUT2D eigenvalue weighted by Gasteiger charge is 2.14. The molecular weight excluding hydrogens is 269 g/mol. The van der Waals surface area contributed by atoms with Crippen LogP contribution in [0.4, 0.5) is 0 Å². The monoisotopic (exact) mass is 279 g/mol. The molecule has 0 aliphatic heterocycles. The maximum absolute atomic E-state index is 7.12. The van der Waals surface area contributed by atoms with Crippen molar-refractivity contribution in [1.82, 2.24) is 0 Å². The second-order valence-electron chi connectivity index (χ2n) is 3.74. The average Bonchev–Trinajstić information content (AvgIpc) is 2.39. The van der Waals surface area contributed by atoms with Crippen LogP contribution >= 0.6 is 23.2 Å². The van der Waals surface area contributed by atoms with Gasteiger partial charge in [0.05, 0.1) is 0 Å². The van der Waals surface area contributed by atoms with Crippen LogP contribution in [0.25, 0.3) is 0 Å². The minimum absolute atomic E-state index is 0.322. The number of halogens is 2. The van der Waals surface area contributed by atoms with Crippen LogP contribution in [0.3, 0.4) is 0 Å². The number of benzene rings is 2. The minimum Gasteiger partial charge on any atom is -0.471 e. The van der Waals surface area contributed by atoms with Gasteiger partial charge in [-0.3, -0.25) is 5.41 Å². The molecule has 2 aromatic carbocycles. The van der Waals surface area contributed by atoms with Crippen LogP contribution < -0.4 is 0 Å². The van der Waals surface area contributed by atoms with Crippen molar-refractivity contribution in [2.75, 3.05) is 0 Å². The van der Waals surface area contributed by atoms with Gasteiger partial charge in [0.25, 0.3) is 0 Å². The fourth-order valence-corrected chi connectivity index (χ4v) is 1.94. The Morgan fingerprint density at radius 1 is 0.833 bits per heavy atom. The first-order valence-electron chi connectivity index (χ1n) is 5.36. The molecule has 0 aromatic heterocycles. The Bertz CT molecular complexity index is 477. The highest BCUT2D eigenvalue weighted by molar-refractivity contribution is 6.30. The van der Waals surface area contributed by atoms with E-state index < -0.39 is 0 Å². The minimum atomic E-state index is -0.322. The lowest BCUT2D eigenvalue weighted by Gasteiger charge is -2.17. The summed E-state index contributed by atoms with van der Waals surface area (Å²) in [5.74, 6) is 0. The summed E-state index contributed by atoms with van der Waals surface area (Å²) in [6.07, 6.45) is 0.616. The van der Waals surface area contributed by atoms with E-state index in [1.165, 1.54) is 0 Å². The summed E-state index contributed by atoms with van der Waals surface area (Å²) in [5, 5.41) is 8.46. The standard InChI is InChI=1S/C14H11Cl2NO/c15-12-5-1-10(2-6-12)14(18-9-17)11-3-7-13(16)8-4-11/h1-9,14,17H. The van der Waals surface area contributed by atoms with E-state index in [-0.39, 0.29) is 6.10 Å². The van der Waals surface area contributed by atoms with Gasteiger partial charge in [-0.1, -0.05) is 47.5 Å². The third kappa shape index (κ3) is 3.03. The molecule has 18 heavy (non-hydrogen) atoms. The number of ether oxygens (including phenoxy) is 1. The van der Waals surface area contributed by atoms with E-state index in [4.69, 9.17) is 33.3 Å². The highest BCUT2D eigenvalue weighted by Crippen LogP contribution is 2.27. The zero-order valence-corrected chi connectivity index (χ0v) is 10.9. The van der Waals surface area contributed by atoms with Crippen LogP contribution in [-0.4, -0.2) is 6.40 Å². The Labute approximate surface area is 116 Å². The zero-order chi connectivity index (χ0) is 13.0. The van der Waals surface area contributed by atoms with E-state index >= 15 is 0 Å². The van der Waals surface area contributed by atoms with Crippen molar-refractivity contribution in [2.24, 2.45) is 0 Å². The van der Waals surface area contributed by atoms with Gasteiger partial charge in [-0.2, -0.15) is 0 Å². The molecule has 0 amide bonds. The highest BCUT2D eigenvalue weighted by atomic mass is 35.5. The Morgan fingerprint density at radius 2 is 1.22 bits per heavy atom. The lowest BCUT2D eigenvalue weighted by molar-refractivity contribution is 0.244. The fourth-order valence-electron chi connectivity index (χ4n) is 1.69. The van der Waals surface area contributed by atoms with Gasteiger partial charge >= 0.3 is 0 Å². The van der Waals surface area contributed by atoms with Gasteiger partial charge in [0.2, 0.25) is 0 Å². The van der Waals surface area contributed by atoms with E-state index in [1.54, 1.807) is 24.3 Å². The molecule has 0 aliphatic rings. The largest absolute Gasteiger partial charge is 0.471 e. The summed E-state index contributed by atoms with van der Waals surface area (Å²) in [5.41, 5.74) is 1.87. The Balaban J connectivity index is 2.35. The first kappa shape index (κ1) is 12.9.